The first-order chi connectivity index (χ1) is 10.6. The van der Waals surface area contributed by atoms with E-state index in [4.69, 9.17) is 0 Å². The molecule has 130 valence electrons. The Morgan fingerprint density at radius 2 is 1.96 bits per heavy atom. The molecule has 0 aromatic heterocycles. The molecule has 0 radical (unpaired) electrons. The number of hydrogen-bond acceptors (Lipinski definition) is 4. The van der Waals surface area contributed by atoms with Crippen LogP contribution >= 0.6 is 0 Å². The van der Waals surface area contributed by atoms with Gasteiger partial charge in [-0.3, -0.25) is 0 Å². The van der Waals surface area contributed by atoms with E-state index in [9.17, 15) is 16.8 Å². The molecular weight excluding hydrogens is 334 g/mol. The summed E-state index contributed by atoms with van der Waals surface area (Å²) < 4.78 is 51.4. The van der Waals surface area contributed by atoms with Gasteiger partial charge < -0.3 is 0 Å². The van der Waals surface area contributed by atoms with Crippen LogP contribution in [0.5, 0.6) is 0 Å². The summed E-state index contributed by atoms with van der Waals surface area (Å²) in [5.41, 5.74) is 1.69. The van der Waals surface area contributed by atoms with Crippen LogP contribution in [0.2, 0.25) is 0 Å². The first-order valence-electron chi connectivity index (χ1n) is 7.89. The van der Waals surface area contributed by atoms with Gasteiger partial charge in [-0.25, -0.2) is 16.8 Å². The van der Waals surface area contributed by atoms with Crippen molar-refractivity contribution < 1.29 is 16.8 Å². The van der Waals surface area contributed by atoms with E-state index in [1.807, 2.05) is 26.8 Å². The molecule has 0 spiro atoms. The highest BCUT2D eigenvalue weighted by molar-refractivity contribution is 7.92. The van der Waals surface area contributed by atoms with Gasteiger partial charge in [-0.2, -0.15) is 4.31 Å². The lowest BCUT2D eigenvalue weighted by molar-refractivity contribution is 0.271. The number of sulfone groups is 1. The number of benzene rings is 1. The van der Waals surface area contributed by atoms with Gasteiger partial charge in [-0.1, -0.05) is 24.6 Å². The fourth-order valence-corrected chi connectivity index (χ4v) is 7.09. The summed E-state index contributed by atoms with van der Waals surface area (Å²) in [6, 6.07) is 4.53. The maximum absolute atomic E-state index is 13.2. The van der Waals surface area contributed by atoms with Gasteiger partial charge in [0.2, 0.25) is 10.0 Å². The van der Waals surface area contributed by atoms with Gasteiger partial charge >= 0.3 is 0 Å². The standard InChI is InChI=1S/C16H25NO4S2/c1-5-14(4)17(15-8-9-22(18,19)11-15)23(20,21)16-7-6-12(2)10-13(16)3/h6-7,10,14-15H,5,8-9,11H2,1-4H3/t14-,15+/m0/s1. The van der Waals surface area contributed by atoms with E-state index in [2.05, 4.69) is 0 Å². The number of hydrogen-bond donors (Lipinski definition) is 0. The minimum atomic E-state index is -3.72. The predicted molar refractivity (Wildman–Crippen MR) is 91.8 cm³/mol. The van der Waals surface area contributed by atoms with E-state index >= 15 is 0 Å². The van der Waals surface area contributed by atoms with Gasteiger partial charge in [0.25, 0.3) is 0 Å². The monoisotopic (exact) mass is 359 g/mol. The number of rotatable bonds is 5. The Morgan fingerprint density at radius 3 is 2.43 bits per heavy atom. The van der Waals surface area contributed by atoms with Crippen molar-refractivity contribution in [3.63, 3.8) is 0 Å². The molecule has 1 saturated heterocycles. The first kappa shape index (κ1) is 18.4. The summed E-state index contributed by atoms with van der Waals surface area (Å²) in [4.78, 5) is 0.271. The van der Waals surface area contributed by atoms with Crippen LogP contribution in [0.1, 0.15) is 37.8 Å². The number of sulfonamides is 1. The highest BCUT2D eigenvalue weighted by Crippen LogP contribution is 2.30. The maximum atomic E-state index is 13.2. The molecule has 0 N–H and O–H groups in total. The minimum Gasteiger partial charge on any atom is -0.229 e. The Kier molecular flexibility index (Phi) is 5.23. The Hall–Kier alpha value is -0.920. The van der Waals surface area contributed by atoms with Crippen molar-refractivity contribution in [1.29, 1.82) is 0 Å². The van der Waals surface area contributed by atoms with Gasteiger partial charge in [-0.05, 0) is 45.2 Å². The molecule has 2 rings (SSSR count). The molecule has 1 aliphatic rings. The largest absolute Gasteiger partial charge is 0.243 e. The Labute approximate surface area is 139 Å². The van der Waals surface area contributed by atoms with Crippen molar-refractivity contribution >= 4 is 19.9 Å². The van der Waals surface area contributed by atoms with E-state index in [0.29, 0.717) is 18.4 Å². The second-order valence-corrected chi connectivity index (χ2v) is 10.5. The summed E-state index contributed by atoms with van der Waals surface area (Å²) in [6.07, 6.45) is 1.01. The van der Waals surface area contributed by atoms with Gasteiger partial charge in [0, 0.05) is 12.1 Å². The lowest BCUT2D eigenvalue weighted by Gasteiger charge is -2.32. The van der Waals surface area contributed by atoms with E-state index in [1.165, 1.54) is 4.31 Å². The lowest BCUT2D eigenvalue weighted by atomic mass is 10.2. The molecule has 1 aromatic carbocycles. The van der Waals surface area contributed by atoms with Crippen LogP contribution in [0.3, 0.4) is 0 Å². The van der Waals surface area contributed by atoms with E-state index in [1.54, 1.807) is 19.1 Å². The van der Waals surface area contributed by atoms with Crippen LogP contribution in [0, 0.1) is 13.8 Å². The van der Waals surface area contributed by atoms with Crippen LogP contribution in [0.4, 0.5) is 0 Å². The number of aryl methyl sites for hydroxylation is 2. The average molecular weight is 360 g/mol. The molecule has 1 heterocycles. The summed E-state index contributed by atoms with van der Waals surface area (Å²) in [5.74, 6) is -0.0194. The molecule has 1 aliphatic heterocycles. The van der Waals surface area contributed by atoms with Crippen molar-refractivity contribution in [2.75, 3.05) is 11.5 Å². The van der Waals surface area contributed by atoms with Crippen molar-refractivity contribution in [3.8, 4) is 0 Å². The third kappa shape index (κ3) is 3.78. The van der Waals surface area contributed by atoms with Crippen molar-refractivity contribution in [3.05, 3.63) is 29.3 Å². The molecule has 0 unspecified atom stereocenters. The lowest BCUT2D eigenvalue weighted by Crippen LogP contribution is -2.46. The van der Waals surface area contributed by atoms with Crippen LogP contribution in [-0.4, -0.2) is 44.7 Å². The third-order valence-corrected chi connectivity index (χ3v) is 8.46. The van der Waals surface area contributed by atoms with Crippen LogP contribution in [0.25, 0.3) is 0 Å². The predicted octanol–water partition coefficient (Wildman–Crippen LogP) is 2.28. The molecule has 0 bridgehead atoms. The smallest absolute Gasteiger partial charge is 0.229 e. The first-order valence-corrected chi connectivity index (χ1v) is 11.2. The highest BCUT2D eigenvalue weighted by atomic mass is 32.2. The molecule has 0 aliphatic carbocycles. The van der Waals surface area contributed by atoms with Crippen molar-refractivity contribution in [1.82, 2.24) is 4.31 Å². The van der Waals surface area contributed by atoms with Crippen molar-refractivity contribution in [2.45, 2.75) is 57.5 Å². The van der Waals surface area contributed by atoms with E-state index < -0.39 is 25.9 Å². The quantitative estimate of drug-likeness (QED) is 0.808. The SMILES string of the molecule is CC[C@H](C)N([C@@H]1CCS(=O)(=O)C1)S(=O)(=O)c1ccc(C)cc1C. The maximum Gasteiger partial charge on any atom is 0.243 e. The summed E-state index contributed by atoms with van der Waals surface area (Å²) in [6.45, 7) is 7.45. The molecule has 7 heteroatoms. The van der Waals surface area contributed by atoms with Crippen molar-refractivity contribution in [2.24, 2.45) is 0 Å². The molecule has 0 saturated carbocycles. The zero-order valence-corrected chi connectivity index (χ0v) is 15.7. The molecule has 1 fully saturated rings. The van der Waals surface area contributed by atoms with Gasteiger partial charge in [0.1, 0.15) is 0 Å². The molecule has 2 atom stereocenters. The summed E-state index contributed by atoms with van der Waals surface area (Å²) >= 11 is 0. The third-order valence-electron chi connectivity index (χ3n) is 4.48. The van der Waals surface area contributed by atoms with Crippen LogP contribution in [0.15, 0.2) is 23.1 Å². The zero-order valence-electron chi connectivity index (χ0n) is 14.1. The second kappa shape index (κ2) is 6.53. The molecule has 1 aromatic rings. The normalized spacial score (nSPS) is 22.4. The molecule has 5 nitrogen and oxygen atoms in total. The van der Waals surface area contributed by atoms with Gasteiger partial charge in [-0.15, -0.1) is 0 Å². The molecular formula is C16H25NO4S2. The zero-order chi connectivity index (χ0) is 17.4. The fraction of sp³-hybridized carbons (Fsp3) is 0.625. The Bertz CT molecular complexity index is 784. The minimum absolute atomic E-state index is 0.0625. The number of nitrogens with zero attached hydrogens (tertiary/aromatic N) is 1. The Balaban J connectivity index is 2.50. The highest BCUT2D eigenvalue weighted by Gasteiger charge is 2.41. The fourth-order valence-electron chi connectivity index (χ4n) is 3.15. The van der Waals surface area contributed by atoms with E-state index in [0.717, 1.165) is 5.56 Å². The van der Waals surface area contributed by atoms with E-state index in [-0.39, 0.29) is 22.4 Å². The summed E-state index contributed by atoms with van der Waals surface area (Å²) in [5, 5.41) is 0. The van der Waals surface area contributed by atoms with Gasteiger partial charge in [0.15, 0.2) is 9.84 Å². The molecule has 0 amide bonds. The van der Waals surface area contributed by atoms with Crippen LogP contribution in [-0.2, 0) is 19.9 Å². The van der Waals surface area contributed by atoms with Gasteiger partial charge in [0.05, 0.1) is 16.4 Å². The summed E-state index contributed by atoms with van der Waals surface area (Å²) in [7, 11) is -6.87. The topological polar surface area (TPSA) is 71.5 Å². The average Bonchev–Trinajstić information content (AvgIpc) is 2.77. The van der Waals surface area contributed by atoms with Crippen LogP contribution < -0.4 is 0 Å². The molecule has 23 heavy (non-hydrogen) atoms. The second-order valence-electron chi connectivity index (χ2n) is 6.42. The Morgan fingerprint density at radius 1 is 1.30 bits per heavy atom.